The predicted octanol–water partition coefficient (Wildman–Crippen LogP) is 5.05. The van der Waals surface area contributed by atoms with Crippen molar-refractivity contribution in [2.45, 2.75) is 40.0 Å². The van der Waals surface area contributed by atoms with Crippen molar-refractivity contribution in [1.82, 2.24) is 0 Å². The highest BCUT2D eigenvalue weighted by atomic mass is 16.5. The van der Waals surface area contributed by atoms with E-state index in [4.69, 9.17) is 4.74 Å². The lowest BCUT2D eigenvalue weighted by Gasteiger charge is -2.17. The number of aryl methyl sites for hydroxylation is 1. The van der Waals surface area contributed by atoms with Crippen molar-refractivity contribution in [2.75, 3.05) is 7.11 Å². The molecule has 0 saturated heterocycles. The van der Waals surface area contributed by atoms with E-state index in [1.54, 1.807) is 7.11 Å². The second kappa shape index (κ2) is 7.31. The van der Waals surface area contributed by atoms with E-state index in [9.17, 15) is 0 Å². The van der Waals surface area contributed by atoms with Gasteiger partial charge in [-0.3, -0.25) is 0 Å². The Bertz CT molecular complexity index is 570. The number of benzene rings is 2. The van der Waals surface area contributed by atoms with E-state index in [2.05, 4.69) is 63.2 Å². The fraction of sp³-hybridized carbons (Fsp3) is 0.400. The van der Waals surface area contributed by atoms with Gasteiger partial charge >= 0.3 is 0 Å². The summed E-state index contributed by atoms with van der Waals surface area (Å²) < 4.78 is 5.67. The lowest BCUT2D eigenvalue weighted by atomic mass is 9.93. The van der Waals surface area contributed by atoms with E-state index >= 15 is 0 Å². The summed E-state index contributed by atoms with van der Waals surface area (Å²) in [6.07, 6.45) is 3.07. The van der Waals surface area contributed by atoms with Crippen LogP contribution in [0.4, 0.5) is 0 Å². The third-order valence-corrected chi connectivity index (χ3v) is 3.77. The molecule has 0 bridgehead atoms. The molecule has 0 amide bonds. The zero-order valence-electron chi connectivity index (χ0n) is 13.6. The number of hydrogen-bond donors (Lipinski definition) is 0. The molecule has 0 radical (unpaired) electrons. The van der Waals surface area contributed by atoms with Crippen molar-refractivity contribution in [3.8, 4) is 5.75 Å². The first-order valence-corrected chi connectivity index (χ1v) is 7.86. The van der Waals surface area contributed by atoms with Crippen LogP contribution in [0.15, 0.2) is 42.5 Å². The first-order chi connectivity index (χ1) is 10.1. The van der Waals surface area contributed by atoms with Gasteiger partial charge in [0.1, 0.15) is 5.75 Å². The summed E-state index contributed by atoms with van der Waals surface area (Å²) in [6, 6.07) is 15.3. The van der Waals surface area contributed by atoms with E-state index in [1.807, 2.05) is 0 Å². The van der Waals surface area contributed by atoms with Gasteiger partial charge in [0.25, 0.3) is 0 Å². The summed E-state index contributed by atoms with van der Waals surface area (Å²) in [6.45, 7) is 6.72. The van der Waals surface area contributed by atoms with E-state index < -0.39 is 0 Å². The van der Waals surface area contributed by atoms with E-state index in [0.717, 1.165) is 25.0 Å². The van der Waals surface area contributed by atoms with Crippen LogP contribution in [-0.2, 0) is 19.3 Å². The quantitative estimate of drug-likeness (QED) is 0.720. The minimum Gasteiger partial charge on any atom is -0.496 e. The zero-order valence-corrected chi connectivity index (χ0v) is 13.6. The topological polar surface area (TPSA) is 9.23 Å². The Morgan fingerprint density at radius 3 is 2.19 bits per heavy atom. The average molecular weight is 282 g/mol. The maximum absolute atomic E-state index is 5.67. The highest BCUT2D eigenvalue weighted by Crippen LogP contribution is 2.29. The summed E-state index contributed by atoms with van der Waals surface area (Å²) in [5.74, 6) is 1.72. The molecule has 21 heavy (non-hydrogen) atoms. The van der Waals surface area contributed by atoms with Crippen molar-refractivity contribution in [3.63, 3.8) is 0 Å². The number of hydrogen-bond acceptors (Lipinski definition) is 1. The lowest BCUT2D eigenvalue weighted by Crippen LogP contribution is -2.03. The largest absolute Gasteiger partial charge is 0.496 e. The van der Waals surface area contributed by atoms with Crippen LogP contribution >= 0.6 is 0 Å². The average Bonchev–Trinajstić information content (AvgIpc) is 2.47. The minimum absolute atomic E-state index is 0.635. The first-order valence-electron chi connectivity index (χ1n) is 7.86. The third-order valence-electron chi connectivity index (χ3n) is 3.77. The summed E-state index contributed by atoms with van der Waals surface area (Å²) in [5, 5.41) is 0. The van der Waals surface area contributed by atoms with E-state index in [-0.39, 0.29) is 0 Å². The van der Waals surface area contributed by atoms with Gasteiger partial charge in [0.05, 0.1) is 7.11 Å². The molecule has 2 aromatic rings. The van der Waals surface area contributed by atoms with Crippen molar-refractivity contribution in [2.24, 2.45) is 5.92 Å². The molecule has 0 N–H and O–H groups in total. The van der Waals surface area contributed by atoms with E-state index in [1.165, 1.54) is 22.3 Å². The molecule has 0 unspecified atom stereocenters. The van der Waals surface area contributed by atoms with E-state index in [0.29, 0.717) is 5.92 Å². The van der Waals surface area contributed by atoms with Crippen LogP contribution in [0, 0.1) is 5.92 Å². The molecule has 0 saturated carbocycles. The van der Waals surface area contributed by atoms with Gasteiger partial charge in [0.15, 0.2) is 0 Å². The number of rotatable bonds is 6. The van der Waals surface area contributed by atoms with Crippen molar-refractivity contribution in [1.29, 1.82) is 0 Å². The Morgan fingerprint density at radius 1 is 0.952 bits per heavy atom. The minimum atomic E-state index is 0.635. The third kappa shape index (κ3) is 4.10. The molecule has 0 aromatic heterocycles. The van der Waals surface area contributed by atoms with Gasteiger partial charge in [-0.05, 0) is 47.4 Å². The Hall–Kier alpha value is -1.76. The molecule has 0 fully saturated rings. The SMILES string of the molecule is CCc1cc(Cc2ccccc2)cc(CC(C)C)c1OC. The molecule has 0 atom stereocenters. The molecule has 0 spiro atoms. The van der Waals surface area contributed by atoms with Crippen LogP contribution in [0.2, 0.25) is 0 Å². The summed E-state index contributed by atoms with van der Waals surface area (Å²) >= 11 is 0. The predicted molar refractivity (Wildman–Crippen MR) is 90.2 cm³/mol. The van der Waals surface area contributed by atoms with Gasteiger partial charge in [0.2, 0.25) is 0 Å². The Balaban J connectivity index is 2.37. The molecular weight excluding hydrogens is 256 g/mol. The molecule has 0 aliphatic rings. The van der Waals surface area contributed by atoms with Gasteiger partial charge in [-0.15, -0.1) is 0 Å². The molecule has 2 rings (SSSR count). The van der Waals surface area contributed by atoms with Crippen molar-refractivity contribution < 1.29 is 4.74 Å². The van der Waals surface area contributed by atoms with Crippen molar-refractivity contribution >= 4 is 0 Å². The van der Waals surface area contributed by atoms with Crippen LogP contribution in [-0.4, -0.2) is 7.11 Å². The second-order valence-corrected chi connectivity index (χ2v) is 6.06. The van der Waals surface area contributed by atoms with Crippen LogP contribution in [0.1, 0.15) is 43.0 Å². The zero-order chi connectivity index (χ0) is 15.2. The smallest absolute Gasteiger partial charge is 0.125 e. The lowest BCUT2D eigenvalue weighted by molar-refractivity contribution is 0.402. The molecule has 0 heterocycles. The molecule has 0 aliphatic heterocycles. The van der Waals surface area contributed by atoms with Gasteiger partial charge in [-0.25, -0.2) is 0 Å². The van der Waals surface area contributed by atoms with Gasteiger partial charge in [-0.1, -0.05) is 63.2 Å². The first kappa shape index (κ1) is 15.6. The second-order valence-electron chi connectivity index (χ2n) is 6.06. The highest BCUT2D eigenvalue weighted by molar-refractivity contribution is 5.46. The fourth-order valence-corrected chi connectivity index (χ4v) is 2.88. The van der Waals surface area contributed by atoms with Crippen LogP contribution in [0.3, 0.4) is 0 Å². The molecule has 112 valence electrons. The Kier molecular flexibility index (Phi) is 5.44. The maximum atomic E-state index is 5.67. The number of methoxy groups -OCH3 is 1. The molecule has 0 aliphatic carbocycles. The van der Waals surface area contributed by atoms with Gasteiger partial charge in [0, 0.05) is 0 Å². The summed E-state index contributed by atoms with van der Waals surface area (Å²) in [7, 11) is 1.79. The monoisotopic (exact) mass is 282 g/mol. The Labute approximate surface area is 129 Å². The van der Waals surface area contributed by atoms with Crippen LogP contribution in [0.5, 0.6) is 5.75 Å². The summed E-state index contributed by atoms with van der Waals surface area (Å²) in [4.78, 5) is 0. The van der Waals surface area contributed by atoms with Crippen LogP contribution < -0.4 is 4.74 Å². The van der Waals surface area contributed by atoms with Gasteiger partial charge in [-0.2, -0.15) is 0 Å². The van der Waals surface area contributed by atoms with Gasteiger partial charge < -0.3 is 4.74 Å². The fourth-order valence-electron chi connectivity index (χ4n) is 2.88. The molecular formula is C20H26O. The molecule has 1 nitrogen and oxygen atoms in total. The van der Waals surface area contributed by atoms with Crippen LogP contribution in [0.25, 0.3) is 0 Å². The normalized spacial score (nSPS) is 10.9. The highest BCUT2D eigenvalue weighted by Gasteiger charge is 2.12. The number of ether oxygens (including phenoxy) is 1. The molecule has 2 aromatic carbocycles. The standard InChI is InChI=1S/C20H26O/c1-5-18-13-17(12-16-9-7-6-8-10-16)14-19(11-15(2)3)20(18)21-4/h6-10,13-15H,5,11-12H2,1-4H3. The Morgan fingerprint density at radius 2 is 1.62 bits per heavy atom. The molecule has 1 heteroatoms. The summed E-state index contributed by atoms with van der Waals surface area (Å²) in [5.41, 5.74) is 5.41. The maximum Gasteiger partial charge on any atom is 0.125 e. The van der Waals surface area contributed by atoms with Crippen molar-refractivity contribution in [3.05, 3.63) is 64.7 Å².